The standard InChI is InChI=1S/C11H12INO2/c12-7-9-3-6-11(15)13(9)8-1-4-10(14)5-2-8/h1-2,4-5,9,14H,3,6-7H2. The zero-order valence-electron chi connectivity index (χ0n) is 8.19. The number of phenols is 1. The van der Waals surface area contributed by atoms with Crippen LogP contribution in [0.5, 0.6) is 5.75 Å². The first kappa shape index (κ1) is 10.7. The first-order valence-electron chi connectivity index (χ1n) is 4.89. The van der Waals surface area contributed by atoms with E-state index in [4.69, 9.17) is 0 Å². The summed E-state index contributed by atoms with van der Waals surface area (Å²) in [6, 6.07) is 7.12. The van der Waals surface area contributed by atoms with Crippen molar-refractivity contribution < 1.29 is 9.90 Å². The number of aromatic hydroxyl groups is 1. The third-order valence-corrected chi connectivity index (χ3v) is 3.65. The van der Waals surface area contributed by atoms with Gasteiger partial charge in [0.25, 0.3) is 0 Å². The molecule has 3 nitrogen and oxygen atoms in total. The lowest BCUT2D eigenvalue weighted by Crippen LogP contribution is -2.33. The van der Waals surface area contributed by atoms with Crippen LogP contribution < -0.4 is 4.90 Å². The van der Waals surface area contributed by atoms with Crippen molar-refractivity contribution in [2.45, 2.75) is 18.9 Å². The van der Waals surface area contributed by atoms with Crippen LogP contribution in [0, 0.1) is 0 Å². The normalized spacial score (nSPS) is 21.0. The van der Waals surface area contributed by atoms with Gasteiger partial charge in [0.15, 0.2) is 0 Å². The molecule has 1 fully saturated rings. The molecule has 0 bridgehead atoms. The number of benzene rings is 1. The number of anilines is 1. The van der Waals surface area contributed by atoms with Gasteiger partial charge in [-0.25, -0.2) is 0 Å². The van der Waals surface area contributed by atoms with Crippen molar-refractivity contribution in [3.63, 3.8) is 0 Å². The number of rotatable bonds is 2. The SMILES string of the molecule is O=C1CCC(CI)N1c1ccc(O)cc1. The van der Waals surface area contributed by atoms with Crippen LogP contribution in [0.15, 0.2) is 24.3 Å². The van der Waals surface area contributed by atoms with Crippen LogP contribution in [0.2, 0.25) is 0 Å². The van der Waals surface area contributed by atoms with E-state index in [2.05, 4.69) is 22.6 Å². The maximum Gasteiger partial charge on any atom is 0.227 e. The molecule has 1 amide bonds. The van der Waals surface area contributed by atoms with Crippen LogP contribution in [-0.4, -0.2) is 21.5 Å². The highest BCUT2D eigenvalue weighted by Crippen LogP contribution is 2.28. The van der Waals surface area contributed by atoms with Gasteiger partial charge >= 0.3 is 0 Å². The molecule has 1 atom stereocenters. The number of hydrogen-bond donors (Lipinski definition) is 1. The van der Waals surface area contributed by atoms with Crippen molar-refractivity contribution in [2.24, 2.45) is 0 Å². The third kappa shape index (κ3) is 2.09. The average Bonchev–Trinajstić information content (AvgIpc) is 2.61. The number of phenolic OH excluding ortho intramolecular Hbond substituents is 1. The quantitative estimate of drug-likeness (QED) is 0.672. The van der Waals surface area contributed by atoms with Crippen molar-refractivity contribution in [1.82, 2.24) is 0 Å². The van der Waals surface area contributed by atoms with Gasteiger partial charge < -0.3 is 10.0 Å². The summed E-state index contributed by atoms with van der Waals surface area (Å²) in [7, 11) is 0. The van der Waals surface area contributed by atoms with Gasteiger partial charge in [-0.1, -0.05) is 22.6 Å². The summed E-state index contributed by atoms with van der Waals surface area (Å²) < 4.78 is 0.949. The maximum atomic E-state index is 11.7. The number of nitrogens with zero attached hydrogens (tertiary/aromatic N) is 1. The van der Waals surface area contributed by atoms with Gasteiger partial charge in [0.05, 0.1) is 0 Å². The second kappa shape index (κ2) is 4.38. The Kier molecular flexibility index (Phi) is 3.14. The van der Waals surface area contributed by atoms with E-state index in [1.54, 1.807) is 24.3 Å². The van der Waals surface area contributed by atoms with Gasteiger partial charge in [0.1, 0.15) is 5.75 Å². The summed E-state index contributed by atoms with van der Waals surface area (Å²) in [5.41, 5.74) is 0.886. The highest BCUT2D eigenvalue weighted by Gasteiger charge is 2.30. The highest BCUT2D eigenvalue weighted by molar-refractivity contribution is 14.1. The fourth-order valence-electron chi connectivity index (χ4n) is 1.86. The van der Waals surface area contributed by atoms with E-state index in [0.29, 0.717) is 12.5 Å². The summed E-state index contributed by atoms with van der Waals surface area (Å²) in [5, 5.41) is 9.18. The zero-order valence-corrected chi connectivity index (χ0v) is 10.3. The molecule has 0 aliphatic carbocycles. The molecule has 1 aromatic rings. The summed E-state index contributed by atoms with van der Waals surface area (Å²) in [6.07, 6.45) is 1.57. The summed E-state index contributed by atoms with van der Waals surface area (Å²) in [4.78, 5) is 13.5. The molecule has 0 radical (unpaired) electrons. The summed E-state index contributed by atoms with van der Waals surface area (Å²) >= 11 is 2.30. The van der Waals surface area contributed by atoms with Gasteiger partial charge in [-0.2, -0.15) is 0 Å². The predicted molar refractivity (Wildman–Crippen MR) is 67.5 cm³/mol. The fraction of sp³-hybridized carbons (Fsp3) is 0.364. The Labute approximate surface area is 102 Å². The second-order valence-corrected chi connectivity index (χ2v) is 4.51. The predicted octanol–water partition coefficient (Wildman–Crippen LogP) is 2.32. The first-order chi connectivity index (χ1) is 7.22. The molecule has 80 valence electrons. The monoisotopic (exact) mass is 317 g/mol. The van der Waals surface area contributed by atoms with Crippen molar-refractivity contribution in [1.29, 1.82) is 0 Å². The second-order valence-electron chi connectivity index (χ2n) is 3.63. The Hall–Kier alpha value is -0.780. The topological polar surface area (TPSA) is 40.5 Å². The van der Waals surface area contributed by atoms with Crippen LogP contribution >= 0.6 is 22.6 Å². The molecule has 1 aliphatic rings. The van der Waals surface area contributed by atoms with E-state index in [1.165, 1.54) is 0 Å². The number of carbonyl (C=O) groups excluding carboxylic acids is 1. The Balaban J connectivity index is 2.28. The molecule has 1 heterocycles. The largest absolute Gasteiger partial charge is 0.508 e. The lowest BCUT2D eigenvalue weighted by Gasteiger charge is -2.23. The molecule has 15 heavy (non-hydrogen) atoms. The average molecular weight is 317 g/mol. The van der Waals surface area contributed by atoms with Gasteiger partial charge in [0, 0.05) is 22.6 Å². The van der Waals surface area contributed by atoms with Gasteiger partial charge in [0.2, 0.25) is 5.91 Å². The van der Waals surface area contributed by atoms with Crippen LogP contribution in [0.3, 0.4) is 0 Å². The van der Waals surface area contributed by atoms with E-state index in [0.717, 1.165) is 16.5 Å². The van der Waals surface area contributed by atoms with Gasteiger partial charge in [-0.05, 0) is 30.7 Å². The molecule has 1 aliphatic heterocycles. The third-order valence-electron chi connectivity index (χ3n) is 2.63. The van der Waals surface area contributed by atoms with Crippen molar-refractivity contribution in [3.8, 4) is 5.75 Å². The molecule has 1 aromatic carbocycles. The Morgan fingerprint density at radius 3 is 2.67 bits per heavy atom. The van der Waals surface area contributed by atoms with Crippen molar-refractivity contribution in [3.05, 3.63) is 24.3 Å². The van der Waals surface area contributed by atoms with Crippen LogP contribution in [0.25, 0.3) is 0 Å². The van der Waals surface area contributed by atoms with E-state index in [-0.39, 0.29) is 11.7 Å². The van der Waals surface area contributed by atoms with E-state index >= 15 is 0 Å². The molecule has 0 spiro atoms. The lowest BCUT2D eigenvalue weighted by atomic mass is 10.2. The van der Waals surface area contributed by atoms with Gasteiger partial charge in [-0.15, -0.1) is 0 Å². The molecular formula is C11H12INO2. The fourth-order valence-corrected chi connectivity index (χ4v) is 2.69. The molecule has 4 heteroatoms. The summed E-state index contributed by atoms with van der Waals surface area (Å²) in [5.74, 6) is 0.416. The van der Waals surface area contributed by atoms with Crippen LogP contribution in [0.1, 0.15) is 12.8 Å². The Morgan fingerprint density at radius 2 is 2.07 bits per heavy atom. The maximum absolute atomic E-state index is 11.7. The van der Waals surface area contributed by atoms with E-state index in [9.17, 15) is 9.90 Å². The van der Waals surface area contributed by atoms with E-state index in [1.807, 2.05) is 4.90 Å². The Morgan fingerprint density at radius 1 is 1.40 bits per heavy atom. The highest BCUT2D eigenvalue weighted by atomic mass is 127. The van der Waals surface area contributed by atoms with E-state index < -0.39 is 0 Å². The van der Waals surface area contributed by atoms with Crippen molar-refractivity contribution in [2.75, 3.05) is 9.33 Å². The molecule has 1 N–H and O–H groups in total. The number of alkyl halides is 1. The molecule has 0 aromatic heterocycles. The zero-order chi connectivity index (χ0) is 10.8. The molecule has 1 saturated heterocycles. The molecule has 0 saturated carbocycles. The minimum atomic E-state index is 0.183. The van der Waals surface area contributed by atoms with Gasteiger partial charge in [-0.3, -0.25) is 4.79 Å². The Bertz CT molecular complexity index is 363. The molecular weight excluding hydrogens is 305 g/mol. The molecule has 2 rings (SSSR count). The number of amides is 1. The van der Waals surface area contributed by atoms with Crippen molar-refractivity contribution >= 4 is 34.2 Å². The number of carbonyl (C=O) groups is 1. The molecule has 1 unspecified atom stereocenters. The lowest BCUT2D eigenvalue weighted by molar-refractivity contribution is -0.117. The summed E-state index contributed by atoms with van der Waals surface area (Å²) in [6.45, 7) is 0. The van der Waals surface area contributed by atoms with Crippen LogP contribution in [0.4, 0.5) is 5.69 Å². The smallest absolute Gasteiger partial charge is 0.227 e. The first-order valence-corrected chi connectivity index (χ1v) is 6.42. The minimum Gasteiger partial charge on any atom is -0.508 e. The number of halogens is 1. The number of hydrogen-bond acceptors (Lipinski definition) is 2. The van der Waals surface area contributed by atoms with Crippen LogP contribution in [-0.2, 0) is 4.79 Å². The minimum absolute atomic E-state index is 0.183.